The van der Waals surface area contributed by atoms with Gasteiger partial charge in [-0.2, -0.15) is 0 Å². The maximum Gasteiger partial charge on any atom is 0.165 e. The number of ether oxygens (including phenoxy) is 4. The van der Waals surface area contributed by atoms with E-state index in [1.54, 1.807) is 40.2 Å². The number of hydrogen-bond donors (Lipinski definition) is 0. The Kier molecular flexibility index (Phi) is 10.1. The summed E-state index contributed by atoms with van der Waals surface area (Å²) in [6.45, 7) is 1.32. The van der Waals surface area contributed by atoms with Gasteiger partial charge in [-0.05, 0) is 53.1 Å². The number of aliphatic imine (C=N–C) groups is 1. The first-order valence-electron chi connectivity index (χ1n) is 12.6. The van der Waals surface area contributed by atoms with E-state index in [1.165, 1.54) is 5.56 Å². The minimum atomic E-state index is 0.654. The molecular weight excluding hydrogens is 508 g/mol. The summed E-state index contributed by atoms with van der Waals surface area (Å²) < 4.78 is 21.8. The summed E-state index contributed by atoms with van der Waals surface area (Å²) in [7, 11) is 6.65. The molecule has 0 aliphatic heterocycles. The predicted octanol–water partition coefficient (Wildman–Crippen LogP) is 7.34. The van der Waals surface area contributed by atoms with Crippen LogP contribution in [0, 0.1) is 0 Å². The molecule has 0 N–H and O–H groups in total. The van der Waals surface area contributed by atoms with E-state index < -0.39 is 0 Å². The minimum absolute atomic E-state index is 0.654. The maximum absolute atomic E-state index is 5.68. The molecular formula is C32H34N2O4S. The SMILES string of the molecule is COc1ccc(CN(Cc2ccc(OC)cc2)C(=Nc2ccc(OC)cc2OC)SCc2ccccc2)cc1. The lowest BCUT2D eigenvalue weighted by atomic mass is 10.1. The van der Waals surface area contributed by atoms with Gasteiger partial charge in [-0.15, -0.1) is 0 Å². The van der Waals surface area contributed by atoms with Gasteiger partial charge in [-0.3, -0.25) is 0 Å². The molecule has 4 aromatic rings. The molecule has 0 aliphatic carbocycles. The zero-order valence-corrected chi connectivity index (χ0v) is 23.6. The molecule has 4 aromatic carbocycles. The Bertz CT molecular complexity index is 1290. The van der Waals surface area contributed by atoms with Crippen LogP contribution >= 0.6 is 11.8 Å². The second-order valence-electron chi connectivity index (χ2n) is 8.76. The average molecular weight is 543 g/mol. The molecule has 0 fully saturated rings. The lowest BCUT2D eigenvalue weighted by Crippen LogP contribution is -2.28. The molecule has 0 amide bonds. The molecule has 202 valence electrons. The fourth-order valence-electron chi connectivity index (χ4n) is 3.99. The summed E-state index contributed by atoms with van der Waals surface area (Å²) in [6.07, 6.45) is 0. The Morgan fingerprint density at radius 2 is 1.15 bits per heavy atom. The van der Waals surface area contributed by atoms with Crippen LogP contribution in [0.1, 0.15) is 16.7 Å². The van der Waals surface area contributed by atoms with Gasteiger partial charge in [-0.25, -0.2) is 4.99 Å². The monoisotopic (exact) mass is 542 g/mol. The summed E-state index contributed by atoms with van der Waals surface area (Å²) in [5.74, 6) is 3.81. The number of rotatable bonds is 11. The summed E-state index contributed by atoms with van der Waals surface area (Å²) in [4.78, 5) is 7.45. The van der Waals surface area contributed by atoms with Crippen LogP contribution in [0.5, 0.6) is 23.0 Å². The highest BCUT2D eigenvalue weighted by atomic mass is 32.2. The molecule has 4 rings (SSSR count). The largest absolute Gasteiger partial charge is 0.497 e. The van der Waals surface area contributed by atoms with E-state index >= 15 is 0 Å². The Morgan fingerprint density at radius 3 is 1.67 bits per heavy atom. The van der Waals surface area contributed by atoms with Crippen molar-refractivity contribution in [3.05, 3.63) is 114 Å². The van der Waals surface area contributed by atoms with Gasteiger partial charge in [0.15, 0.2) is 5.17 Å². The van der Waals surface area contributed by atoms with Gasteiger partial charge in [0.05, 0.1) is 28.4 Å². The molecule has 6 nitrogen and oxygen atoms in total. The number of benzene rings is 4. The van der Waals surface area contributed by atoms with E-state index in [0.717, 1.165) is 45.0 Å². The molecule has 0 bridgehead atoms. The highest BCUT2D eigenvalue weighted by molar-refractivity contribution is 8.13. The van der Waals surface area contributed by atoms with Crippen LogP contribution in [0.25, 0.3) is 0 Å². The molecule has 0 unspecified atom stereocenters. The third-order valence-electron chi connectivity index (χ3n) is 6.15. The van der Waals surface area contributed by atoms with Crippen molar-refractivity contribution in [2.24, 2.45) is 4.99 Å². The third-order valence-corrected chi connectivity index (χ3v) is 7.23. The highest BCUT2D eigenvalue weighted by Gasteiger charge is 2.17. The van der Waals surface area contributed by atoms with Crippen molar-refractivity contribution >= 4 is 22.6 Å². The van der Waals surface area contributed by atoms with Gasteiger partial charge in [0.1, 0.15) is 28.7 Å². The van der Waals surface area contributed by atoms with Gasteiger partial charge in [-0.1, -0.05) is 66.4 Å². The van der Waals surface area contributed by atoms with E-state index in [2.05, 4.69) is 53.4 Å². The first kappa shape index (κ1) is 27.9. The quantitative estimate of drug-likeness (QED) is 0.146. The first-order chi connectivity index (χ1) is 19.1. The summed E-state index contributed by atoms with van der Waals surface area (Å²) in [5.41, 5.74) is 4.27. The van der Waals surface area contributed by atoms with Crippen LogP contribution in [-0.4, -0.2) is 38.5 Å². The first-order valence-corrected chi connectivity index (χ1v) is 13.6. The fourth-order valence-corrected chi connectivity index (χ4v) is 4.95. The van der Waals surface area contributed by atoms with Gasteiger partial charge < -0.3 is 23.8 Å². The molecule has 0 aliphatic rings. The lowest BCUT2D eigenvalue weighted by molar-refractivity contribution is 0.394. The molecule has 7 heteroatoms. The second kappa shape index (κ2) is 14.2. The Hall–Kier alpha value is -4.10. The van der Waals surface area contributed by atoms with Crippen LogP contribution in [0.4, 0.5) is 5.69 Å². The Labute approximate surface area is 235 Å². The van der Waals surface area contributed by atoms with Crippen LogP contribution in [0.3, 0.4) is 0 Å². The molecule has 0 saturated carbocycles. The molecule has 0 radical (unpaired) electrons. The van der Waals surface area contributed by atoms with Gasteiger partial charge in [0, 0.05) is 24.9 Å². The standard InChI is InChI=1S/C32H34N2O4S/c1-35-27-14-10-24(11-15-27)21-34(22-25-12-16-28(36-2)17-13-25)32(39-23-26-8-6-5-7-9-26)33-30-19-18-29(37-3)20-31(30)38-4/h5-20H,21-23H2,1-4H3. The van der Waals surface area contributed by atoms with E-state index in [4.69, 9.17) is 23.9 Å². The van der Waals surface area contributed by atoms with Gasteiger partial charge in [0.2, 0.25) is 0 Å². The van der Waals surface area contributed by atoms with Crippen molar-refractivity contribution < 1.29 is 18.9 Å². The molecule has 0 saturated heterocycles. The van der Waals surface area contributed by atoms with Crippen LogP contribution in [0.2, 0.25) is 0 Å². The molecule has 0 aromatic heterocycles. The van der Waals surface area contributed by atoms with Crippen LogP contribution in [-0.2, 0) is 18.8 Å². The van der Waals surface area contributed by atoms with E-state index in [-0.39, 0.29) is 0 Å². The maximum atomic E-state index is 5.68. The number of hydrogen-bond acceptors (Lipinski definition) is 6. The van der Waals surface area contributed by atoms with Crippen molar-refractivity contribution in [1.29, 1.82) is 0 Å². The lowest BCUT2D eigenvalue weighted by Gasteiger charge is -2.27. The fraction of sp³-hybridized carbons (Fsp3) is 0.219. The Balaban J connectivity index is 1.74. The summed E-state index contributed by atoms with van der Waals surface area (Å²) in [5, 5.41) is 0.883. The number of nitrogens with zero attached hydrogens (tertiary/aromatic N) is 2. The minimum Gasteiger partial charge on any atom is -0.497 e. The summed E-state index contributed by atoms with van der Waals surface area (Å²) in [6, 6.07) is 32.4. The van der Waals surface area contributed by atoms with E-state index in [1.807, 2.05) is 48.5 Å². The number of thioether (sulfide) groups is 1. The van der Waals surface area contributed by atoms with Gasteiger partial charge in [0.25, 0.3) is 0 Å². The Morgan fingerprint density at radius 1 is 0.615 bits per heavy atom. The van der Waals surface area contributed by atoms with Crippen LogP contribution < -0.4 is 18.9 Å². The highest BCUT2D eigenvalue weighted by Crippen LogP contribution is 2.34. The zero-order chi connectivity index (χ0) is 27.5. The van der Waals surface area contributed by atoms with Crippen molar-refractivity contribution in [3.8, 4) is 23.0 Å². The third kappa shape index (κ3) is 7.94. The smallest absolute Gasteiger partial charge is 0.165 e. The molecule has 39 heavy (non-hydrogen) atoms. The van der Waals surface area contributed by atoms with Crippen molar-refractivity contribution in [1.82, 2.24) is 4.90 Å². The normalized spacial score (nSPS) is 11.1. The number of methoxy groups -OCH3 is 4. The van der Waals surface area contributed by atoms with E-state index in [0.29, 0.717) is 18.8 Å². The summed E-state index contributed by atoms with van der Waals surface area (Å²) >= 11 is 1.70. The van der Waals surface area contributed by atoms with Crippen molar-refractivity contribution in [2.75, 3.05) is 28.4 Å². The zero-order valence-electron chi connectivity index (χ0n) is 22.8. The molecule has 0 heterocycles. The van der Waals surface area contributed by atoms with Crippen molar-refractivity contribution in [3.63, 3.8) is 0 Å². The van der Waals surface area contributed by atoms with Crippen molar-refractivity contribution in [2.45, 2.75) is 18.8 Å². The van der Waals surface area contributed by atoms with E-state index in [9.17, 15) is 0 Å². The van der Waals surface area contributed by atoms with Crippen LogP contribution in [0.15, 0.2) is 102 Å². The predicted molar refractivity (Wildman–Crippen MR) is 160 cm³/mol. The van der Waals surface area contributed by atoms with Gasteiger partial charge >= 0.3 is 0 Å². The molecule has 0 spiro atoms. The second-order valence-corrected chi connectivity index (χ2v) is 9.70. The topological polar surface area (TPSA) is 52.5 Å². The molecule has 0 atom stereocenters. The average Bonchev–Trinajstić information content (AvgIpc) is 3.00. The number of amidine groups is 1.